The molecule has 1 fully saturated rings. The van der Waals surface area contributed by atoms with Gasteiger partial charge in [-0.05, 0) is 157 Å². The maximum Gasteiger partial charge on any atom is 0.0539 e. The van der Waals surface area contributed by atoms with Gasteiger partial charge in [0, 0.05) is 52.6 Å². The molecule has 1 saturated carbocycles. The average molecular weight is 813 g/mol. The minimum Gasteiger partial charge on any atom is -0.342 e. The fourth-order valence-electron chi connectivity index (χ4n) is 14.2. The van der Waals surface area contributed by atoms with E-state index in [-0.39, 0.29) is 17.3 Å². The minimum absolute atomic E-state index is 0.276. The summed E-state index contributed by atoms with van der Waals surface area (Å²) >= 11 is 0. The Kier molecular flexibility index (Phi) is 9.72. The van der Waals surface area contributed by atoms with E-state index >= 15 is 0 Å². The van der Waals surface area contributed by atoms with Crippen LogP contribution in [0, 0.1) is 23.7 Å². The summed E-state index contributed by atoms with van der Waals surface area (Å²) in [5, 5.41) is 0. The van der Waals surface area contributed by atoms with Crippen LogP contribution in [-0.2, 0) is 18.3 Å². The zero-order valence-corrected chi connectivity index (χ0v) is 37.1. The lowest BCUT2D eigenvalue weighted by Gasteiger charge is -2.40. The number of anilines is 3. The molecule has 8 aliphatic rings. The highest BCUT2D eigenvalue weighted by molar-refractivity contribution is 5.89. The van der Waals surface area contributed by atoms with Crippen LogP contribution in [0.2, 0.25) is 0 Å². The minimum atomic E-state index is -0.295. The lowest BCUT2D eigenvalue weighted by molar-refractivity contribution is 0.423. The van der Waals surface area contributed by atoms with E-state index in [1.54, 1.807) is 22.4 Å². The van der Waals surface area contributed by atoms with Crippen LogP contribution in [0.15, 0.2) is 151 Å². The van der Waals surface area contributed by atoms with Gasteiger partial charge in [0.1, 0.15) is 0 Å². The van der Waals surface area contributed by atoms with E-state index in [9.17, 15) is 0 Å². The van der Waals surface area contributed by atoms with Crippen LogP contribution in [0.1, 0.15) is 130 Å². The second kappa shape index (κ2) is 15.6. The molecular weight excluding hydrogens is 749 g/mol. The lowest BCUT2D eigenvalue weighted by atomic mass is 9.65. The summed E-state index contributed by atoms with van der Waals surface area (Å²) < 4.78 is 0. The van der Waals surface area contributed by atoms with Gasteiger partial charge in [0.05, 0.1) is 5.41 Å². The smallest absolute Gasteiger partial charge is 0.0539 e. The molecule has 0 heterocycles. The molecule has 4 aromatic rings. The molecule has 0 saturated heterocycles. The van der Waals surface area contributed by atoms with Crippen LogP contribution >= 0.6 is 0 Å². The van der Waals surface area contributed by atoms with Crippen LogP contribution in [0.5, 0.6) is 0 Å². The Morgan fingerprint density at radius 1 is 0.645 bits per heavy atom. The first-order valence-corrected chi connectivity index (χ1v) is 24.8. The summed E-state index contributed by atoms with van der Waals surface area (Å²) in [7, 11) is 0. The van der Waals surface area contributed by atoms with Gasteiger partial charge in [-0.3, -0.25) is 0 Å². The topological polar surface area (TPSA) is 6.48 Å². The van der Waals surface area contributed by atoms with E-state index in [1.807, 2.05) is 0 Å². The molecule has 314 valence electrons. The third-order valence-corrected chi connectivity index (χ3v) is 16.8. The van der Waals surface area contributed by atoms with Gasteiger partial charge in [-0.25, -0.2) is 0 Å². The van der Waals surface area contributed by atoms with Gasteiger partial charge in [-0.1, -0.05) is 148 Å². The molecule has 8 aliphatic carbocycles. The quantitative estimate of drug-likeness (QED) is 0.172. The normalized spacial score (nSPS) is 29.1. The van der Waals surface area contributed by atoms with Crippen molar-refractivity contribution in [2.45, 2.75) is 127 Å². The predicted octanol–water partition coefficient (Wildman–Crippen LogP) is 15.2. The number of fused-ring (bicyclic) bond motifs is 11. The Bertz CT molecular complexity index is 2590. The number of benzene rings is 4. The molecule has 0 aliphatic heterocycles. The summed E-state index contributed by atoms with van der Waals surface area (Å²) in [6.07, 6.45) is 42.2. The monoisotopic (exact) mass is 813 g/mol. The van der Waals surface area contributed by atoms with Crippen LogP contribution in [0.25, 0.3) is 11.1 Å². The van der Waals surface area contributed by atoms with Gasteiger partial charge in [0.25, 0.3) is 0 Å². The van der Waals surface area contributed by atoms with E-state index in [2.05, 4.69) is 163 Å². The zero-order valence-electron chi connectivity index (χ0n) is 37.1. The molecule has 0 radical (unpaired) electrons. The molecule has 0 aromatic heterocycles. The highest BCUT2D eigenvalue weighted by Crippen LogP contribution is 2.67. The van der Waals surface area contributed by atoms with Crippen molar-refractivity contribution >= 4 is 17.1 Å². The number of hydrogen-bond donors (Lipinski definition) is 0. The van der Waals surface area contributed by atoms with Crippen molar-refractivity contribution in [3.05, 3.63) is 184 Å². The molecule has 1 spiro atoms. The summed E-state index contributed by atoms with van der Waals surface area (Å²) in [6, 6.07) is 33.0. The third kappa shape index (κ3) is 6.02. The number of nitrogens with zero attached hydrogens (tertiary/aromatic N) is 2. The molecule has 0 amide bonds. The van der Waals surface area contributed by atoms with Crippen molar-refractivity contribution in [3.8, 4) is 11.1 Å². The van der Waals surface area contributed by atoms with Crippen molar-refractivity contribution in [1.29, 1.82) is 0 Å². The first-order valence-electron chi connectivity index (χ1n) is 24.8. The fourth-order valence-corrected chi connectivity index (χ4v) is 14.2. The fraction of sp³-hybridized carbons (Fsp3) is 0.400. The van der Waals surface area contributed by atoms with E-state index < -0.39 is 0 Å². The lowest BCUT2D eigenvalue weighted by Crippen LogP contribution is -2.37. The largest absolute Gasteiger partial charge is 0.342 e. The van der Waals surface area contributed by atoms with Crippen molar-refractivity contribution in [1.82, 2.24) is 0 Å². The van der Waals surface area contributed by atoms with Gasteiger partial charge in [0.15, 0.2) is 0 Å². The molecule has 0 bridgehead atoms. The van der Waals surface area contributed by atoms with Crippen LogP contribution < -0.4 is 9.80 Å². The number of aryl methyl sites for hydroxylation is 1. The van der Waals surface area contributed by atoms with Gasteiger partial charge < -0.3 is 9.80 Å². The van der Waals surface area contributed by atoms with Gasteiger partial charge in [-0.2, -0.15) is 0 Å². The van der Waals surface area contributed by atoms with Crippen LogP contribution in [0.4, 0.5) is 17.1 Å². The Morgan fingerprint density at radius 3 is 2.35 bits per heavy atom. The van der Waals surface area contributed by atoms with Crippen molar-refractivity contribution in [2.24, 2.45) is 23.7 Å². The first-order chi connectivity index (χ1) is 30.6. The second-order valence-electron chi connectivity index (χ2n) is 20.4. The predicted molar refractivity (Wildman–Crippen MR) is 260 cm³/mol. The molecule has 0 N–H and O–H groups in total. The SMILES string of the molecule is CC1C=CCC(N(c2cccc3c2CCCC3)c2cccc3c2C2C=CC=CC2C32c3ccccc3-c3ccc(N(C4=CC(C5=CCCC=C5)C(C)C4)C4CCCCC4)cc32)C1. The van der Waals surface area contributed by atoms with E-state index in [0.29, 0.717) is 29.8 Å². The van der Waals surface area contributed by atoms with E-state index in [0.717, 1.165) is 12.8 Å². The number of hydrogen-bond acceptors (Lipinski definition) is 2. The Hall–Kier alpha value is -5.08. The molecule has 2 heteroatoms. The highest BCUT2D eigenvalue weighted by Gasteiger charge is 2.58. The Balaban J connectivity index is 1.06. The molecular formula is C60H64N2. The first kappa shape index (κ1) is 38.6. The van der Waals surface area contributed by atoms with Crippen LogP contribution in [-0.4, -0.2) is 12.1 Å². The Morgan fingerprint density at radius 2 is 1.47 bits per heavy atom. The van der Waals surface area contributed by atoms with Gasteiger partial charge in [0.2, 0.25) is 0 Å². The average Bonchev–Trinajstić information content (AvgIpc) is 3.95. The molecule has 7 atom stereocenters. The molecule has 7 unspecified atom stereocenters. The van der Waals surface area contributed by atoms with Crippen molar-refractivity contribution in [3.63, 3.8) is 0 Å². The summed E-state index contributed by atoms with van der Waals surface area (Å²) in [5.74, 6) is 2.22. The maximum absolute atomic E-state index is 2.87. The van der Waals surface area contributed by atoms with Gasteiger partial charge in [-0.15, -0.1) is 0 Å². The standard InChI is InChI=1S/C60H64N2/c1-40-18-15-25-45(36-40)62(57-32-16-22-42-21-9-10-26-48(42)57)58-33-17-31-55-59(58)51-28-12-14-30-54(51)60(55)53-29-13-11-27-49(53)50-35-34-46(39-56(50)60)61(44-23-7-4-8-24-44)47-37-41(2)52(38-47)43-19-5-3-6-20-43/h5,11-20,22,27-35,38-41,44-45,51-52,54H,3-4,6-10,21,23-26,36-37H2,1-2H3. The molecule has 2 nitrogen and oxygen atoms in total. The highest BCUT2D eigenvalue weighted by atomic mass is 15.2. The number of allylic oxidation sites excluding steroid dienone is 11. The van der Waals surface area contributed by atoms with Crippen molar-refractivity contribution < 1.29 is 0 Å². The zero-order chi connectivity index (χ0) is 41.4. The number of rotatable bonds is 7. The summed E-state index contributed by atoms with van der Waals surface area (Å²) in [4.78, 5) is 5.74. The van der Waals surface area contributed by atoms with Gasteiger partial charge >= 0.3 is 0 Å². The molecule has 12 rings (SSSR count). The van der Waals surface area contributed by atoms with E-state index in [4.69, 9.17) is 0 Å². The second-order valence-corrected chi connectivity index (χ2v) is 20.4. The van der Waals surface area contributed by atoms with E-state index in [1.165, 1.54) is 128 Å². The third-order valence-electron chi connectivity index (χ3n) is 16.8. The molecule has 4 aromatic carbocycles. The summed E-state index contributed by atoms with van der Waals surface area (Å²) in [5.41, 5.74) is 19.2. The summed E-state index contributed by atoms with van der Waals surface area (Å²) in [6.45, 7) is 4.92. The maximum atomic E-state index is 2.87. The van der Waals surface area contributed by atoms with Crippen molar-refractivity contribution in [2.75, 3.05) is 9.80 Å². The Labute approximate surface area is 371 Å². The van der Waals surface area contributed by atoms with Crippen LogP contribution in [0.3, 0.4) is 0 Å². The molecule has 62 heavy (non-hydrogen) atoms.